The van der Waals surface area contributed by atoms with Gasteiger partial charge in [0.2, 0.25) is 0 Å². The van der Waals surface area contributed by atoms with Crippen LogP contribution in [0.15, 0.2) is 30.3 Å². The molecule has 0 radical (unpaired) electrons. The molecule has 1 aliphatic heterocycles. The van der Waals surface area contributed by atoms with Crippen LogP contribution in [0.1, 0.15) is 93.9 Å². The molecule has 1 fully saturated rings. The fourth-order valence-electron chi connectivity index (χ4n) is 5.79. The average molecular weight is 432 g/mol. The summed E-state index contributed by atoms with van der Waals surface area (Å²) < 4.78 is 0. The molecule has 1 unspecified atom stereocenters. The van der Waals surface area contributed by atoms with Crippen molar-refractivity contribution >= 4 is 11.0 Å². The second kappa shape index (κ2) is 7.62. The molecule has 1 saturated heterocycles. The van der Waals surface area contributed by atoms with Crippen molar-refractivity contribution in [3.05, 3.63) is 58.4 Å². The largest absolute Gasteiger partial charge is 0.508 e. The highest BCUT2D eigenvalue weighted by atomic mass is 16.3. The highest BCUT2D eigenvalue weighted by Crippen LogP contribution is 2.46. The van der Waals surface area contributed by atoms with Gasteiger partial charge < -0.3 is 10.1 Å². The summed E-state index contributed by atoms with van der Waals surface area (Å²) in [5.74, 6) is 1.35. The highest BCUT2D eigenvalue weighted by molar-refractivity contribution is 5.78. The Balaban J connectivity index is 1.46. The minimum Gasteiger partial charge on any atom is -0.508 e. The Labute approximate surface area is 192 Å². The second-order valence-corrected chi connectivity index (χ2v) is 11.4. The number of aryl methyl sites for hydroxylation is 1. The number of aromatic nitrogens is 2. The van der Waals surface area contributed by atoms with Crippen LogP contribution in [-0.4, -0.2) is 26.5 Å². The van der Waals surface area contributed by atoms with Crippen LogP contribution in [0.25, 0.3) is 11.0 Å². The van der Waals surface area contributed by atoms with Gasteiger partial charge in [-0.2, -0.15) is 0 Å². The number of H-pyrrole nitrogens is 1. The molecule has 2 heterocycles. The average Bonchev–Trinajstić information content (AvgIpc) is 3.15. The number of likely N-dealkylation sites (tertiary alicyclic amines) is 1. The number of phenols is 1. The fraction of sp³-hybridized carbons (Fsp3) is 0.536. The number of hydrogen-bond acceptors (Lipinski definition) is 3. The van der Waals surface area contributed by atoms with Crippen LogP contribution < -0.4 is 0 Å². The molecular formula is C28H37N3O. The van der Waals surface area contributed by atoms with E-state index in [2.05, 4.69) is 55.8 Å². The Morgan fingerprint density at radius 2 is 1.78 bits per heavy atom. The monoisotopic (exact) mass is 431 g/mol. The first-order chi connectivity index (χ1) is 15.1. The van der Waals surface area contributed by atoms with E-state index in [1.165, 1.54) is 42.4 Å². The number of imidazole rings is 1. The molecule has 0 saturated carbocycles. The maximum atomic E-state index is 10.1. The fourth-order valence-corrected chi connectivity index (χ4v) is 5.79. The van der Waals surface area contributed by atoms with Crippen LogP contribution in [0.3, 0.4) is 0 Å². The maximum absolute atomic E-state index is 10.1. The number of aromatic amines is 1. The van der Waals surface area contributed by atoms with Gasteiger partial charge in [-0.05, 0) is 78.3 Å². The van der Waals surface area contributed by atoms with Crippen molar-refractivity contribution in [1.29, 1.82) is 0 Å². The molecule has 3 aromatic rings. The van der Waals surface area contributed by atoms with Gasteiger partial charge in [0.25, 0.3) is 0 Å². The zero-order valence-electron chi connectivity index (χ0n) is 20.3. The Morgan fingerprint density at radius 1 is 1.03 bits per heavy atom. The molecule has 0 spiro atoms. The van der Waals surface area contributed by atoms with Gasteiger partial charge in [-0.25, -0.2) is 4.98 Å². The lowest BCUT2D eigenvalue weighted by atomic mass is 9.63. The Morgan fingerprint density at radius 3 is 2.56 bits per heavy atom. The lowest BCUT2D eigenvalue weighted by molar-refractivity contribution is 0.134. The zero-order chi connectivity index (χ0) is 22.7. The molecule has 2 N–H and O–H groups in total. The number of nitrogens with zero attached hydrogens (tertiary/aromatic N) is 2. The first-order valence-corrected chi connectivity index (χ1v) is 12.2. The van der Waals surface area contributed by atoms with E-state index >= 15 is 0 Å². The molecule has 1 atom stereocenters. The summed E-state index contributed by atoms with van der Waals surface area (Å²) in [7, 11) is 0. The summed E-state index contributed by atoms with van der Waals surface area (Å²) in [5.41, 5.74) is 7.72. The van der Waals surface area contributed by atoms with E-state index in [1.807, 2.05) is 13.0 Å². The maximum Gasteiger partial charge on any atom is 0.124 e. The van der Waals surface area contributed by atoms with Gasteiger partial charge in [-0.15, -0.1) is 0 Å². The number of benzene rings is 2. The van der Waals surface area contributed by atoms with E-state index in [0.717, 1.165) is 41.9 Å². The minimum atomic E-state index is 0.237. The normalized spacial score (nSPS) is 22.7. The molecule has 170 valence electrons. The molecular weight excluding hydrogens is 394 g/mol. The van der Waals surface area contributed by atoms with E-state index in [-0.39, 0.29) is 10.8 Å². The molecule has 0 amide bonds. The van der Waals surface area contributed by atoms with Gasteiger partial charge in [0.15, 0.2) is 0 Å². The Kier molecular flexibility index (Phi) is 5.12. The topological polar surface area (TPSA) is 52.2 Å². The molecule has 1 aliphatic carbocycles. The predicted octanol–water partition coefficient (Wildman–Crippen LogP) is 6.65. The smallest absolute Gasteiger partial charge is 0.124 e. The molecule has 0 bridgehead atoms. The van der Waals surface area contributed by atoms with Gasteiger partial charge in [0, 0.05) is 12.6 Å². The number of nitrogens with one attached hydrogen (secondary N) is 1. The van der Waals surface area contributed by atoms with Crippen molar-refractivity contribution < 1.29 is 5.11 Å². The van der Waals surface area contributed by atoms with E-state index < -0.39 is 0 Å². The molecule has 32 heavy (non-hydrogen) atoms. The first kappa shape index (κ1) is 21.5. The van der Waals surface area contributed by atoms with E-state index in [0.29, 0.717) is 11.8 Å². The molecule has 1 aromatic heterocycles. The van der Waals surface area contributed by atoms with Gasteiger partial charge >= 0.3 is 0 Å². The van der Waals surface area contributed by atoms with Crippen LogP contribution in [0.4, 0.5) is 0 Å². The van der Waals surface area contributed by atoms with Crippen LogP contribution in [0.5, 0.6) is 5.75 Å². The molecule has 2 aliphatic rings. The van der Waals surface area contributed by atoms with Gasteiger partial charge in [-0.3, -0.25) is 4.90 Å². The third-order valence-electron chi connectivity index (χ3n) is 8.05. The van der Waals surface area contributed by atoms with E-state index in [4.69, 9.17) is 4.98 Å². The lowest BCUT2D eigenvalue weighted by Crippen LogP contribution is -2.35. The van der Waals surface area contributed by atoms with E-state index in [9.17, 15) is 5.11 Å². The number of hydrogen-bond donors (Lipinski definition) is 2. The lowest BCUT2D eigenvalue weighted by Gasteiger charge is -2.42. The second-order valence-electron chi connectivity index (χ2n) is 11.4. The molecule has 4 nitrogen and oxygen atoms in total. The molecule has 4 heteroatoms. The van der Waals surface area contributed by atoms with Crippen LogP contribution >= 0.6 is 0 Å². The van der Waals surface area contributed by atoms with Crippen LogP contribution in [-0.2, 0) is 17.4 Å². The van der Waals surface area contributed by atoms with Crippen molar-refractivity contribution in [2.24, 2.45) is 0 Å². The van der Waals surface area contributed by atoms with Crippen molar-refractivity contribution in [3.8, 4) is 5.75 Å². The van der Waals surface area contributed by atoms with Crippen molar-refractivity contribution in [3.63, 3.8) is 0 Å². The SMILES string of the molecule is Cc1cc2[nH]c(C3CCCCN3Cc3ccc4c(c3)C(C)(C)CCC4(C)C)nc2cc1O. The number of fused-ring (bicyclic) bond motifs is 2. The van der Waals surface area contributed by atoms with Crippen molar-refractivity contribution in [1.82, 2.24) is 14.9 Å². The Hall–Kier alpha value is -2.33. The first-order valence-electron chi connectivity index (χ1n) is 12.2. The number of rotatable bonds is 3. The van der Waals surface area contributed by atoms with Gasteiger partial charge in [-0.1, -0.05) is 52.3 Å². The standard InChI is InChI=1S/C28H37N3O/c1-18-14-22-23(16-25(18)32)30-26(29-22)24-8-6-7-13-31(24)17-19-9-10-20-21(15-19)28(4,5)12-11-27(20,2)3/h9-10,14-16,24,32H,6-8,11-13,17H2,1-5H3,(H,29,30). The quantitative estimate of drug-likeness (QED) is 0.488. The number of phenolic OH excluding ortho intramolecular Hbond substituents is 1. The highest BCUT2D eigenvalue weighted by Gasteiger charge is 2.37. The van der Waals surface area contributed by atoms with Gasteiger partial charge in [0.1, 0.15) is 11.6 Å². The van der Waals surface area contributed by atoms with Crippen LogP contribution in [0.2, 0.25) is 0 Å². The molecule has 2 aromatic carbocycles. The summed E-state index contributed by atoms with van der Waals surface area (Å²) in [4.78, 5) is 11.0. The summed E-state index contributed by atoms with van der Waals surface area (Å²) in [6.45, 7) is 13.6. The summed E-state index contributed by atoms with van der Waals surface area (Å²) in [6, 6.07) is 11.3. The summed E-state index contributed by atoms with van der Waals surface area (Å²) in [6.07, 6.45) is 6.08. The summed E-state index contributed by atoms with van der Waals surface area (Å²) >= 11 is 0. The third kappa shape index (κ3) is 3.73. The summed E-state index contributed by atoms with van der Waals surface area (Å²) in [5, 5.41) is 10.1. The van der Waals surface area contributed by atoms with Crippen molar-refractivity contribution in [2.75, 3.05) is 6.54 Å². The Bertz CT molecular complexity index is 1120. The van der Waals surface area contributed by atoms with Crippen LogP contribution in [0, 0.1) is 6.92 Å². The molecule has 5 rings (SSSR count). The number of aromatic hydroxyl groups is 1. The van der Waals surface area contributed by atoms with Gasteiger partial charge in [0.05, 0.1) is 17.1 Å². The predicted molar refractivity (Wildman–Crippen MR) is 131 cm³/mol. The zero-order valence-corrected chi connectivity index (χ0v) is 20.3. The third-order valence-corrected chi connectivity index (χ3v) is 8.05. The van der Waals surface area contributed by atoms with Crippen molar-refractivity contribution in [2.45, 2.75) is 90.1 Å². The van der Waals surface area contributed by atoms with E-state index in [1.54, 1.807) is 6.07 Å². The minimum absolute atomic E-state index is 0.237. The number of piperidine rings is 1.